The number of rotatable bonds is 2. The summed E-state index contributed by atoms with van der Waals surface area (Å²) in [4.78, 5) is 26.7. The van der Waals surface area contributed by atoms with E-state index in [1.54, 1.807) is 0 Å². The minimum absolute atomic E-state index is 0.115. The number of nitrogens with zero attached hydrogens (tertiary/aromatic N) is 5. The van der Waals surface area contributed by atoms with E-state index < -0.39 is 81.5 Å². The number of aliphatic hydroxyl groups excluding tert-OH is 1. The van der Waals surface area contributed by atoms with Crippen molar-refractivity contribution in [1.29, 1.82) is 0 Å². The van der Waals surface area contributed by atoms with Crippen molar-refractivity contribution in [3.63, 3.8) is 0 Å². The summed E-state index contributed by atoms with van der Waals surface area (Å²) in [5, 5.41) is 11.6. The second-order valence-corrected chi connectivity index (χ2v) is 17.4. The van der Waals surface area contributed by atoms with E-state index in [1.165, 1.54) is 16.7 Å². The Labute approximate surface area is 287 Å². The Bertz CT molecular complexity index is 2060. The summed E-state index contributed by atoms with van der Waals surface area (Å²) in [6.07, 6.45) is -11.4. The molecule has 25 heteroatoms. The van der Waals surface area contributed by atoms with Gasteiger partial charge in [0.2, 0.25) is 11.2 Å². The fraction of sp³-hybridized carbons (Fsp3) is 0.455. The number of ether oxygens (including phenoxy) is 2. The number of thiol groups is 2. The molecule has 3 aliphatic heterocycles. The first kappa shape index (κ1) is 34.0. The number of hydrogen-bond donors (Lipinski definition) is 5. The van der Waals surface area contributed by atoms with Crippen LogP contribution in [0.15, 0.2) is 23.3 Å². The average Bonchev–Trinajstić information content (AvgIpc) is 3.70. The number of fused-ring (bicyclic) bond motifs is 4. The summed E-state index contributed by atoms with van der Waals surface area (Å²) in [6.45, 7) is -10.2. The van der Waals surface area contributed by atoms with Crippen molar-refractivity contribution in [3.05, 3.63) is 44.1 Å². The van der Waals surface area contributed by atoms with Gasteiger partial charge in [-0.2, -0.15) is 4.98 Å². The molecule has 0 radical (unpaired) electrons. The monoisotopic (exact) mass is 793 g/mol. The van der Waals surface area contributed by atoms with Crippen LogP contribution in [0.3, 0.4) is 0 Å². The molecule has 0 bridgehead atoms. The summed E-state index contributed by atoms with van der Waals surface area (Å²) in [6, 6.07) is 2.91. The van der Waals surface area contributed by atoms with Gasteiger partial charge in [-0.15, -0.1) is 0 Å². The lowest BCUT2D eigenvalue weighted by Gasteiger charge is -2.28. The standard InChI is InChI=1S/C22H21Cl3FN7O10P2S2/c23-6-1-8-9(2-7(6)24)33(21(25)29-8)20-14(34)16-11(41-20)4-39-44(36,46)42-15-10(3-38-45(37,47)43-16)40-19(12(15)26)32-5-28-13-17(32)30-22(27)31-18(13)35/h1-2,5,10-12,14-16,19-20,34H,3-4H2,(H,36,46)(H,37,47)(H3,27,30,31,35). The van der Waals surface area contributed by atoms with Gasteiger partial charge in [0.25, 0.3) is 5.56 Å². The van der Waals surface area contributed by atoms with Gasteiger partial charge in [-0.3, -0.25) is 37.0 Å². The molecule has 4 aromatic rings. The van der Waals surface area contributed by atoms with Gasteiger partial charge >= 0.3 is 13.6 Å². The minimum atomic E-state index is -4.43. The molecule has 0 amide bonds. The highest BCUT2D eigenvalue weighted by molar-refractivity contribution is 8.44. The Morgan fingerprint density at radius 3 is 2.32 bits per heavy atom. The fourth-order valence-electron chi connectivity index (χ4n) is 5.51. The smallest absolute Gasteiger partial charge is 0.386 e. The molecule has 6 heterocycles. The summed E-state index contributed by atoms with van der Waals surface area (Å²) in [5.41, 5.74) is 5.34. The summed E-state index contributed by atoms with van der Waals surface area (Å²) in [7, 11) is 0. The molecule has 0 spiro atoms. The largest absolute Gasteiger partial charge is 0.386 e. The van der Waals surface area contributed by atoms with Crippen LogP contribution in [0.25, 0.3) is 22.2 Å². The van der Waals surface area contributed by atoms with Crippen LogP contribution in [-0.4, -0.2) is 84.1 Å². The van der Waals surface area contributed by atoms with E-state index in [0.29, 0.717) is 11.0 Å². The summed E-state index contributed by atoms with van der Waals surface area (Å²) >= 11 is 26.7. The maximum Gasteiger partial charge on any atom is 0.386 e. The van der Waals surface area contributed by atoms with Crippen molar-refractivity contribution in [2.45, 2.75) is 49.1 Å². The second kappa shape index (κ2) is 12.4. The number of imidazole rings is 2. The Hall–Kier alpha value is -1.48. The molecular formula is C22H21Cl3FN7O10P2S2. The molecule has 10 atom stereocenters. The average molecular weight is 795 g/mol. The molecular weight excluding hydrogens is 774 g/mol. The molecule has 17 nitrogen and oxygen atoms in total. The van der Waals surface area contributed by atoms with Gasteiger partial charge in [-0.1, -0.05) is 47.7 Å². The lowest BCUT2D eigenvalue weighted by atomic mass is 10.1. The predicted octanol–water partition coefficient (Wildman–Crippen LogP) is 4.10. The first-order valence-electron chi connectivity index (χ1n) is 13.3. The van der Waals surface area contributed by atoms with E-state index in [1.807, 2.05) is 0 Å². The van der Waals surface area contributed by atoms with Gasteiger partial charge in [-0.05, 0) is 23.7 Å². The van der Waals surface area contributed by atoms with Gasteiger partial charge < -0.3 is 20.3 Å². The highest BCUT2D eigenvalue weighted by Crippen LogP contribution is 2.60. The number of nitrogens with one attached hydrogen (secondary N) is 1. The van der Waals surface area contributed by atoms with Crippen LogP contribution >= 0.6 is 72.9 Å². The number of H-pyrrole nitrogens is 1. The van der Waals surface area contributed by atoms with Crippen molar-refractivity contribution in [2.75, 3.05) is 18.9 Å². The van der Waals surface area contributed by atoms with Crippen LogP contribution in [0.4, 0.5) is 10.3 Å². The lowest BCUT2D eigenvalue weighted by Crippen LogP contribution is -2.37. The van der Waals surface area contributed by atoms with Crippen LogP contribution in [0, 0.1) is 0 Å². The van der Waals surface area contributed by atoms with E-state index >= 15 is 4.39 Å². The zero-order valence-electron chi connectivity index (χ0n) is 23.0. The Kier molecular flexibility index (Phi) is 8.96. The molecule has 3 aromatic heterocycles. The van der Waals surface area contributed by atoms with Crippen LogP contribution in [0.1, 0.15) is 12.5 Å². The van der Waals surface area contributed by atoms with Crippen LogP contribution in [0.5, 0.6) is 0 Å². The molecule has 254 valence electrons. The molecule has 47 heavy (non-hydrogen) atoms. The zero-order valence-corrected chi connectivity index (χ0v) is 28.8. The molecule has 3 aliphatic rings. The number of anilines is 1. The van der Waals surface area contributed by atoms with Crippen LogP contribution < -0.4 is 11.3 Å². The van der Waals surface area contributed by atoms with E-state index in [9.17, 15) is 19.0 Å². The number of aromatic amines is 1. The van der Waals surface area contributed by atoms with E-state index in [2.05, 4.69) is 44.4 Å². The highest BCUT2D eigenvalue weighted by atomic mass is 35.5. The summed E-state index contributed by atoms with van der Waals surface area (Å²) in [5.74, 6) is -0.265. The van der Waals surface area contributed by atoms with E-state index in [-0.39, 0.29) is 32.4 Å². The van der Waals surface area contributed by atoms with Gasteiger partial charge in [-0.25, -0.2) is 23.5 Å². The third-order valence-electron chi connectivity index (χ3n) is 7.56. The molecule has 3 fully saturated rings. The molecule has 1 aromatic carbocycles. The van der Waals surface area contributed by atoms with Crippen molar-refractivity contribution in [3.8, 4) is 0 Å². The number of benzene rings is 1. The molecule has 0 saturated carbocycles. The van der Waals surface area contributed by atoms with Crippen molar-refractivity contribution >= 4 is 101 Å². The maximum atomic E-state index is 16.0. The highest BCUT2D eigenvalue weighted by Gasteiger charge is 2.54. The van der Waals surface area contributed by atoms with Gasteiger partial charge in [0.05, 0.1) is 40.6 Å². The third kappa shape index (κ3) is 6.25. The molecule has 3 saturated heterocycles. The lowest BCUT2D eigenvalue weighted by molar-refractivity contribution is -0.0553. The number of aromatic nitrogens is 6. The van der Waals surface area contributed by atoms with Crippen molar-refractivity contribution in [1.82, 2.24) is 29.1 Å². The Morgan fingerprint density at radius 2 is 1.62 bits per heavy atom. The van der Waals surface area contributed by atoms with E-state index in [0.717, 1.165) is 10.9 Å². The number of aliphatic hydroxyl groups is 1. The quantitative estimate of drug-likeness (QED) is 0.143. The Balaban J connectivity index is 1.18. The van der Waals surface area contributed by atoms with Gasteiger partial charge in [0.1, 0.15) is 30.5 Å². The first-order valence-corrected chi connectivity index (χ1v) is 19.8. The fourth-order valence-corrected chi connectivity index (χ4v) is 9.08. The van der Waals surface area contributed by atoms with Crippen molar-refractivity contribution < 1.29 is 46.2 Å². The van der Waals surface area contributed by atoms with E-state index in [4.69, 9.17) is 68.1 Å². The normalized spacial score (nSPS) is 36.7. The number of alkyl halides is 1. The maximum absolute atomic E-state index is 16.0. The zero-order chi connectivity index (χ0) is 33.6. The van der Waals surface area contributed by atoms with Crippen LogP contribution in [-0.2, 0) is 36.7 Å². The number of hydrogen-bond acceptors (Lipinski definition) is 14. The second-order valence-electron chi connectivity index (χ2n) is 10.5. The third-order valence-corrected chi connectivity index (χ3v) is 11.8. The van der Waals surface area contributed by atoms with Gasteiger partial charge in [0, 0.05) is 0 Å². The summed E-state index contributed by atoms with van der Waals surface area (Å²) < 4.78 is 79.2. The molecule has 7 rings (SSSR count). The number of halogens is 4. The van der Waals surface area contributed by atoms with Crippen LogP contribution in [0.2, 0.25) is 15.3 Å². The number of nitrogen functional groups attached to an aromatic ring is 1. The molecule has 0 aliphatic carbocycles. The molecule has 4 N–H and O–H groups in total. The van der Waals surface area contributed by atoms with Gasteiger partial charge in [0.15, 0.2) is 29.8 Å². The van der Waals surface area contributed by atoms with Crippen molar-refractivity contribution in [2.24, 2.45) is 0 Å². The number of nitrogens with two attached hydrogens (primary N) is 1. The molecule has 10 unspecified atom stereocenters. The Morgan fingerprint density at radius 1 is 1.00 bits per heavy atom. The topological polar surface area (TPSA) is 217 Å². The first-order chi connectivity index (χ1) is 22.1. The minimum Gasteiger partial charge on any atom is -0.386 e. The SMILES string of the molecule is Nc1nc2c(ncn2C2OC3COP(=O)(S)OC4C(COP(=O)(S)OC3C2F)OC(n2c(Cl)nc3cc(Cl)c(Cl)cc32)C4O)c(=O)[nH]1. The predicted molar refractivity (Wildman–Crippen MR) is 171 cm³/mol.